The lowest BCUT2D eigenvalue weighted by atomic mass is 10.00. The highest BCUT2D eigenvalue weighted by Crippen LogP contribution is 2.35. The minimum Gasteiger partial charge on any atom is -0.292 e. The van der Waals surface area contributed by atoms with Crippen molar-refractivity contribution in [3.8, 4) is 0 Å². The van der Waals surface area contributed by atoms with E-state index in [1.807, 2.05) is 0 Å². The molecule has 1 atom stereocenters. The zero-order valence-corrected chi connectivity index (χ0v) is 11.9. The topological polar surface area (TPSA) is 3.24 Å². The maximum Gasteiger partial charge on any atom is 0.404 e. The second-order valence-corrected chi connectivity index (χ2v) is 6.35. The average molecular weight is 265 g/mol. The predicted octanol–water partition coefficient (Wildman–Crippen LogP) is 4.33. The molecule has 1 rings (SSSR count). The van der Waals surface area contributed by atoms with Gasteiger partial charge in [-0.05, 0) is 43.6 Å². The molecule has 0 radical (unpaired) electrons. The minimum absolute atomic E-state index is 0.379. The van der Waals surface area contributed by atoms with Gasteiger partial charge in [-0.25, -0.2) is 0 Å². The van der Waals surface area contributed by atoms with Crippen LogP contribution in [0.4, 0.5) is 13.2 Å². The third kappa shape index (κ3) is 5.17. The maximum absolute atomic E-state index is 13.2. The van der Waals surface area contributed by atoms with Crippen LogP contribution in [-0.4, -0.2) is 30.2 Å². The van der Waals surface area contributed by atoms with Gasteiger partial charge in [0.2, 0.25) is 0 Å². The van der Waals surface area contributed by atoms with Crippen LogP contribution < -0.4 is 0 Å². The van der Waals surface area contributed by atoms with Gasteiger partial charge in [0.25, 0.3) is 0 Å². The number of hydrogen-bond acceptors (Lipinski definition) is 1. The van der Waals surface area contributed by atoms with Gasteiger partial charge < -0.3 is 0 Å². The van der Waals surface area contributed by atoms with Crippen molar-refractivity contribution in [2.24, 2.45) is 17.8 Å². The van der Waals surface area contributed by atoms with E-state index in [4.69, 9.17) is 0 Å². The van der Waals surface area contributed by atoms with E-state index < -0.39 is 12.2 Å². The fraction of sp³-hybridized carbons (Fsp3) is 1.00. The molecule has 0 aromatic carbocycles. The van der Waals surface area contributed by atoms with E-state index in [0.29, 0.717) is 24.9 Å². The monoisotopic (exact) mass is 265 g/mol. The summed E-state index contributed by atoms with van der Waals surface area (Å²) in [4.78, 5) is 1.68. The Labute approximate surface area is 109 Å². The lowest BCUT2D eigenvalue weighted by Crippen LogP contribution is -2.50. The van der Waals surface area contributed by atoms with Crippen molar-refractivity contribution in [1.29, 1.82) is 0 Å². The van der Waals surface area contributed by atoms with E-state index in [-0.39, 0.29) is 5.92 Å². The van der Waals surface area contributed by atoms with Gasteiger partial charge in [-0.1, -0.05) is 27.7 Å². The molecule has 0 spiro atoms. The van der Waals surface area contributed by atoms with Crippen LogP contribution in [-0.2, 0) is 0 Å². The molecule has 0 heterocycles. The zero-order chi connectivity index (χ0) is 13.9. The molecule has 0 saturated heterocycles. The van der Waals surface area contributed by atoms with Crippen molar-refractivity contribution in [2.45, 2.75) is 59.2 Å². The largest absolute Gasteiger partial charge is 0.404 e. The molecule has 0 amide bonds. The number of rotatable bonds is 7. The van der Waals surface area contributed by atoms with Crippen molar-refractivity contribution >= 4 is 0 Å². The summed E-state index contributed by atoms with van der Waals surface area (Å²) in [6.45, 7) is 8.66. The third-order valence-electron chi connectivity index (χ3n) is 3.54. The summed E-state index contributed by atoms with van der Waals surface area (Å²) in [5.41, 5.74) is 0. The van der Waals surface area contributed by atoms with Gasteiger partial charge in [-0.15, -0.1) is 0 Å². The van der Waals surface area contributed by atoms with Crippen molar-refractivity contribution in [3.05, 3.63) is 0 Å². The molecule has 4 heteroatoms. The summed E-state index contributed by atoms with van der Waals surface area (Å²) in [5, 5.41) is 0. The van der Waals surface area contributed by atoms with E-state index in [1.165, 1.54) is 0 Å². The first-order chi connectivity index (χ1) is 8.21. The van der Waals surface area contributed by atoms with Crippen LogP contribution in [0.15, 0.2) is 0 Å². The Kier molecular flexibility index (Phi) is 5.50. The molecule has 0 bridgehead atoms. The van der Waals surface area contributed by atoms with E-state index in [2.05, 4.69) is 13.8 Å². The van der Waals surface area contributed by atoms with Crippen molar-refractivity contribution in [1.82, 2.24) is 4.90 Å². The fourth-order valence-electron chi connectivity index (χ4n) is 2.41. The smallest absolute Gasteiger partial charge is 0.292 e. The molecular formula is C14H26F3N. The van der Waals surface area contributed by atoms with E-state index in [0.717, 1.165) is 19.3 Å². The fourth-order valence-corrected chi connectivity index (χ4v) is 2.41. The molecule has 0 unspecified atom stereocenters. The van der Waals surface area contributed by atoms with Crippen molar-refractivity contribution in [2.75, 3.05) is 13.1 Å². The first-order valence-corrected chi connectivity index (χ1v) is 7.02. The molecule has 1 nitrogen and oxygen atoms in total. The van der Waals surface area contributed by atoms with E-state index in [9.17, 15) is 13.2 Å². The highest BCUT2D eigenvalue weighted by atomic mass is 19.4. The van der Waals surface area contributed by atoms with Gasteiger partial charge in [-0.2, -0.15) is 13.2 Å². The minimum atomic E-state index is -4.11. The molecule has 0 aromatic heterocycles. The van der Waals surface area contributed by atoms with Gasteiger partial charge in [0.1, 0.15) is 6.04 Å². The van der Waals surface area contributed by atoms with Crippen LogP contribution in [0.1, 0.15) is 47.0 Å². The lowest BCUT2D eigenvalue weighted by Gasteiger charge is -2.36. The maximum atomic E-state index is 13.2. The quantitative estimate of drug-likeness (QED) is 0.662. The Hall–Kier alpha value is -0.250. The molecule has 1 aliphatic carbocycles. The Bertz CT molecular complexity index is 244. The standard InChI is InChI=1S/C14H26F3N/c1-10(2)7-8-18(9-12-5-6-12)13(11(3)4)14(15,16)17/h10-13H,5-9H2,1-4H3/t13-/m0/s1. The van der Waals surface area contributed by atoms with Gasteiger partial charge in [0.15, 0.2) is 0 Å². The van der Waals surface area contributed by atoms with Crippen LogP contribution in [0.2, 0.25) is 0 Å². The summed E-state index contributed by atoms with van der Waals surface area (Å²) in [6, 6.07) is -1.28. The third-order valence-corrected chi connectivity index (χ3v) is 3.54. The number of nitrogens with zero attached hydrogens (tertiary/aromatic N) is 1. The van der Waals surface area contributed by atoms with Gasteiger partial charge in [0.05, 0.1) is 0 Å². The van der Waals surface area contributed by atoms with Gasteiger partial charge >= 0.3 is 6.18 Å². The molecule has 108 valence electrons. The molecule has 1 fully saturated rings. The van der Waals surface area contributed by atoms with Gasteiger partial charge in [-0.3, -0.25) is 4.90 Å². The van der Waals surface area contributed by atoms with Crippen LogP contribution in [0.3, 0.4) is 0 Å². The van der Waals surface area contributed by atoms with E-state index in [1.54, 1.807) is 18.7 Å². The Morgan fingerprint density at radius 3 is 2.00 bits per heavy atom. The van der Waals surface area contributed by atoms with Crippen LogP contribution in [0.25, 0.3) is 0 Å². The van der Waals surface area contributed by atoms with Crippen LogP contribution in [0, 0.1) is 17.8 Å². The molecule has 18 heavy (non-hydrogen) atoms. The highest BCUT2D eigenvalue weighted by Gasteiger charge is 2.46. The molecule has 0 N–H and O–H groups in total. The summed E-state index contributed by atoms with van der Waals surface area (Å²) in [5.74, 6) is 0.574. The normalized spacial score (nSPS) is 19.0. The summed E-state index contributed by atoms with van der Waals surface area (Å²) in [7, 11) is 0. The summed E-state index contributed by atoms with van der Waals surface area (Å²) in [6.07, 6.45) is -1.08. The van der Waals surface area contributed by atoms with Crippen molar-refractivity contribution in [3.63, 3.8) is 0 Å². The number of alkyl halides is 3. The first-order valence-electron chi connectivity index (χ1n) is 7.02. The predicted molar refractivity (Wildman–Crippen MR) is 68.4 cm³/mol. The van der Waals surface area contributed by atoms with Gasteiger partial charge in [0, 0.05) is 6.54 Å². The van der Waals surface area contributed by atoms with Crippen LogP contribution in [0.5, 0.6) is 0 Å². The van der Waals surface area contributed by atoms with Crippen molar-refractivity contribution < 1.29 is 13.2 Å². The Balaban J connectivity index is 2.69. The Morgan fingerprint density at radius 1 is 1.11 bits per heavy atom. The molecule has 1 saturated carbocycles. The van der Waals surface area contributed by atoms with E-state index >= 15 is 0 Å². The zero-order valence-electron chi connectivity index (χ0n) is 11.9. The second kappa shape index (κ2) is 6.27. The number of hydrogen-bond donors (Lipinski definition) is 0. The summed E-state index contributed by atoms with van der Waals surface area (Å²) >= 11 is 0. The molecule has 0 aliphatic heterocycles. The molecule has 1 aliphatic rings. The van der Waals surface area contributed by atoms with Crippen LogP contribution >= 0.6 is 0 Å². The lowest BCUT2D eigenvalue weighted by molar-refractivity contribution is -0.196. The number of halogens is 3. The summed E-state index contributed by atoms with van der Waals surface area (Å²) < 4.78 is 39.5. The average Bonchev–Trinajstić information content (AvgIpc) is 2.94. The second-order valence-electron chi connectivity index (χ2n) is 6.35. The molecular weight excluding hydrogens is 239 g/mol. The molecule has 0 aromatic rings. The Morgan fingerprint density at radius 2 is 1.67 bits per heavy atom. The highest BCUT2D eigenvalue weighted by molar-refractivity contribution is 4.86. The first kappa shape index (κ1) is 15.8. The SMILES string of the molecule is CC(C)CCN(CC1CC1)[C@@H](C(C)C)C(F)(F)F.